The summed E-state index contributed by atoms with van der Waals surface area (Å²) in [7, 11) is 1.60. The number of hydrogen-bond acceptors (Lipinski definition) is 2. The molecule has 1 aromatic carbocycles. The summed E-state index contributed by atoms with van der Waals surface area (Å²) in [6.45, 7) is 0.570. The summed E-state index contributed by atoms with van der Waals surface area (Å²) in [5.74, 6) is -0.400. The molecule has 0 radical (unpaired) electrons. The van der Waals surface area contributed by atoms with Crippen molar-refractivity contribution < 1.29 is 13.9 Å². The Balaban J connectivity index is 2.46. The number of carbonyl (C=O) groups excluding carboxylic acids is 1. The molecule has 0 atom stereocenters. The summed E-state index contributed by atoms with van der Waals surface area (Å²) in [6, 6.07) is 4.44. The molecule has 0 aliphatic carbocycles. The van der Waals surface area contributed by atoms with Gasteiger partial charge in [0.2, 0.25) is 0 Å². The molecule has 0 bridgehead atoms. The van der Waals surface area contributed by atoms with E-state index in [1.54, 1.807) is 13.2 Å². The minimum atomic E-state index is -0.483. The van der Waals surface area contributed by atoms with Crippen LogP contribution in [0.3, 0.4) is 0 Å². The summed E-state index contributed by atoms with van der Waals surface area (Å²) >= 11 is 5.54. The van der Waals surface area contributed by atoms with Crippen LogP contribution in [0.5, 0.6) is 0 Å². The van der Waals surface area contributed by atoms with Gasteiger partial charge in [-0.1, -0.05) is 17.7 Å². The normalized spacial score (nSPS) is 10.4. The Bertz CT molecular complexity index is 366. The highest BCUT2D eigenvalue weighted by Gasteiger charge is 2.06. The van der Waals surface area contributed by atoms with Crippen LogP contribution in [0, 0.1) is 5.82 Å². The van der Waals surface area contributed by atoms with Gasteiger partial charge < -0.3 is 4.74 Å². The molecule has 0 spiro atoms. The topological polar surface area (TPSA) is 26.3 Å². The van der Waals surface area contributed by atoms with Crippen LogP contribution >= 0.6 is 11.6 Å². The van der Waals surface area contributed by atoms with Gasteiger partial charge in [0.25, 0.3) is 0 Å². The largest absolute Gasteiger partial charge is 0.385 e. The number of ketones is 1. The number of rotatable bonds is 6. The van der Waals surface area contributed by atoms with Crippen molar-refractivity contribution in [1.82, 2.24) is 0 Å². The fourth-order valence-electron chi connectivity index (χ4n) is 1.38. The van der Waals surface area contributed by atoms with E-state index < -0.39 is 5.82 Å². The number of ether oxygens (including phenoxy) is 1. The van der Waals surface area contributed by atoms with E-state index in [0.717, 1.165) is 0 Å². The molecular formula is C12H14ClFO2. The van der Waals surface area contributed by atoms with Crippen LogP contribution in [0.4, 0.5) is 4.39 Å². The van der Waals surface area contributed by atoms with E-state index in [0.29, 0.717) is 25.0 Å². The van der Waals surface area contributed by atoms with Gasteiger partial charge in [-0.2, -0.15) is 0 Å². The fraction of sp³-hybridized carbons (Fsp3) is 0.417. The second-order valence-electron chi connectivity index (χ2n) is 3.56. The molecule has 0 saturated carbocycles. The molecule has 1 aromatic rings. The van der Waals surface area contributed by atoms with E-state index in [4.69, 9.17) is 16.3 Å². The molecule has 0 aliphatic rings. The van der Waals surface area contributed by atoms with Gasteiger partial charge in [0.15, 0.2) is 0 Å². The minimum Gasteiger partial charge on any atom is -0.385 e. The van der Waals surface area contributed by atoms with Crippen molar-refractivity contribution in [2.75, 3.05) is 13.7 Å². The SMILES string of the molecule is COCCCC(=O)Cc1ccc(Cl)c(F)c1. The third-order valence-electron chi connectivity index (χ3n) is 2.19. The van der Waals surface area contributed by atoms with E-state index in [1.807, 2.05) is 0 Å². The summed E-state index contributed by atoms with van der Waals surface area (Å²) in [4.78, 5) is 11.5. The first-order chi connectivity index (χ1) is 7.63. The third kappa shape index (κ3) is 4.29. The molecule has 1 rings (SSSR count). The highest BCUT2D eigenvalue weighted by atomic mass is 35.5. The van der Waals surface area contributed by atoms with Gasteiger partial charge >= 0.3 is 0 Å². The van der Waals surface area contributed by atoms with Crippen LogP contribution in [-0.4, -0.2) is 19.5 Å². The van der Waals surface area contributed by atoms with Gasteiger partial charge in [-0.3, -0.25) is 4.79 Å². The van der Waals surface area contributed by atoms with E-state index in [1.165, 1.54) is 12.1 Å². The lowest BCUT2D eigenvalue weighted by Crippen LogP contribution is -2.04. The molecule has 0 aromatic heterocycles. The highest BCUT2D eigenvalue weighted by molar-refractivity contribution is 6.30. The number of methoxy groups -OCH3 is 1. The lowest BCUT2D eigenvalue weighted by atomic mass is 10.1. The molecule has 0 heterocycles. The van der Waals surface area contributed by atoms with Crippen LogP contribution in [0.2, 0.25) is 5.02 Å². The average molecular weight is 245 g/mol. The lowest BCUT2D eigenvalue weighted by molar-refractivity contribution is -0.118. The van der Waals surface area contributed by atoms with Crippen molar-refractivity contribution in [3.8, 4) is 0 Å². The van der Waals surface area contributed by atoms with Crippen LogP contribution in [0.1, 0.15) is 18.4 Å². The van der Waals surface area contributed by atoms with Gasteiger partial charge in [-0.25, -0.2) is 4.39 Å². The lowest BCUT2D eigenvalue weighted by Gasteiger charge is -2.02. The summed E-state index contributed by atoms with van der Waals surface area (Å²) in [5.41, 5.74) is 0.657. The number of benzene rings is 1. The molecular weight excluding hydrogens is 231 g/mol. The summed E-state index contributed by atoms with van der Waals surface area (Å²) < 4.78 is 17.9. The molecule has 0 unspecified atom stereocenters. The zero-order valence-electron chi connectivity index (χ0n) is 9.13. The van der Waals surface area contributed by atoms with Gasteiger partial charge in [0.05, 0.1) is 5.02 Å². The van der Waals surface area contributed by atoms with Crippen LogP contribution in [0.25, 0.3) is 0 Å². The Morgan fingerprint density at radius 2 is 2.25 bits per heavy atom. The second-order valence-corrected chi connectivity index (χ2v) is 3.97. The highest BCUT2D eigenvalue weighted by Crippen LogP contribution is 2.16. The van der Waals surface area contributed by atoms with E-state index in [9.17, 15) is 9.18 Å². The van der Waals surface area contributed by atoms with Crippen LogP contribution < -0.4 is 0 Å². The van der Waals surface area contributed by atoms with Gasteiger partial charge in [-0.05, 0) is 24.1 Å². The van der Waals surface area contributed by atoms with Crippen molar-refractivity contribution in [1.29, 1.82) is 0 Å². The number of Topliss-reactive ketones (excluding diaryl/α,β-unsaturated/α-hetero) is 1. The fourth-order valence-corrected chi connectivity index (χ4v) is 1.50. The molecule has 0 aliphatic heterocycles. The molecule has 0 N–H and O–H groups in total. The Morgan fingerprint density at radius 1 is 1.50 bits per heavy atom. The molecule has 4 heteroatoms. The molecule has 0 saturated heterocycles. The molecule has 88 valence electrons. The zero-order valence-corrected chi connectivity index (χ0v) is 9.89. The molecule has 2 nitrogen and oxygen atoms in total. The number of carbonyl (C=O) groups is 1. The predicted molar refractivity (Wildman–Crippen MR) is 61.2 cm³/mol. The maximum atomic E-state index is 13.1. The minimum absolute atomic E-state index is 0.0792. The van der Waals surface area contributed by atoms with Crippen molar-refractivity contribution in [2.45, 2.75) is 19.3 Å². The van der Waals surface area contributed by atoms with Crippen LogP contribution in [0.15, 0.2) is 18.2 Å². The van der Waals surface area contributed by atoms with Crippen LogP contribution in [-0.2, 0) is 16.0 Å². The maximum Gasteiger partial charge on any atom is 0.142 e. The number of halogens is 2. The van der Waals surface area contributed by atoms with E-state index in [2.05, 4.69) is 0 Å². The molecule has 16 heavy (non-hydrogen) atoms. The second kappa shape index (κ2) is 6.61. The van der Waals surface area contributed by atoms with E-state index in [-0.39, 0.29) is 17.2 Å². The van der Waals surface area contributed by atoms with Crippen molar-refractivity contribution in [2.24, 2.45) is 0 Å². The van der Waals surface area contributed by atoms with Gasteiger partial charge in [-0.15, -0.1) is 0 Å². The zero-order chi connectivity index (χ0) is 12.0. The first kappa shape index (κ1) is 13.1. The first-order valence-electron chi connectivity index (χ1n) is 5.08. The Labute approximate surface area is 99.4 Å². The summed E-state index contributed by atoms with van der Waals surface area (Å²) in [6.07, 6.45) is 1.40. The third-order valence-corrected chi connectivity index (χ3v) is 2.50. The van der Waals surface area contributed by atoms with Crippen molar-refractivity contribution in [3.63, 3.8) is 0 Å². The van der Waals surface area contributed by atoms with Gasteiger partial charge in [0.1, 0.15) is 11.6 Å². The quantitative estimate of drug-likeness (QED) is 0.719. The van der Waals surface area contributed by atoms with Gasteiger partial charge in [0, 0.05) is 26.6 Å². The number of hydrogen-bond donors (Lipinski definition) is 0. The summed E-state index contributed by atoms with van der Waals surface area (Å²) in [5, 5.41) is 0.0792. The average Bonchev–Trinajstić information content (AvgIpc) is 2.24. The monoisotopic (exact) mass is 244 g/mol. The van der Waals surface area contributed by atoms with Crippen molar-refractivity contribution in [3.05, 3.63) is 34.6 Å². The first-order valence-corrected chi connectivity index (χ1v) is 5.46. The van der Waals surface area contributed by atoms with E-state index >= 15 is 0 Å². The maximum absolute atomic E-state index is 13.1. The molecule has 0 amide bonds. The smallest absolute Gasteiger partial charge is 0.142 e. The molecule has 0 fully saturated rings. The Kier molecular flexibility index (Phi) is 5.43. The Morgan fingerprint density at radius 3 is 2.88 bits per heavy atom. The van der Waals surface area contributed by atoms with Crippen molar-refractivity contribution >= 4 is 17.4 Å². The standard InChI is InChI=1S/C12H14ClFO2/c1-16-6-2-3-10(15)7-9-4-5-11(13)12(14)8-9/h4-5,8H,2-3,6-7H2,1H3. The predicted octanol–water partition coefficient (Wildman–Crippen LogP) is 3.02. The Hall–Kier alpha value is -0.930.